The molecule has 16 heavy (non-hydrogen) atoms. The van der Waals surface area contributed by atoms with Gasteiger partial charge >= 0.3 is 0 Å². The summed E-state index contributed by atoms with van der Waals surface area (Å²) >= 11 is 0. The SMILES string of the molecule is O=C(c1ccco1)N1CC2CCCCC2C1. The van der Waals surface area contributed by atoms with Gasteiger partial charge in [-0.2, -0.15) is 0 Å². The van der Waals surface area contributed by atoms with E-state index in [0.29, 0.717) is 5.76 Å². The topological polar surface area (TPSA) is 33.5 Å². The molecule has 2 unspecified atom stereocenters. The fraction of sp³-hybridized carbons (Fsp3) is 0.615. The van der Waals surface area contributed by atoms with Crippen LogP contribution in [-0.4, -0.2) is 23.9 Å². The first-order valence-corrected chi connectivity index (χ1v) is 6.17. The van der Waals surface area contributed by atoms with Gasteiger partial charge in [0.2, 0.25) is 0 Å². The number of hydrogen-bond donors (Lipinski definition) is 0. The molecule has 2 atom stereocenters. The minimum absolute atomic E-state index is 0.0689. The van der Waals surface area contributed by atoms with Crippen LogP contribution in [0.4, 0.5) is 0 Å². The van der Waals surface area contributed by atoms with Crippen LogP contribution in [0.25, 0.3) is 0 Å². The quantitative estimate of drug-likeness (QED) is 0.727. The van der Waals surface area contributed by atoms with E-state index >= 15 is 0 Å². The Kier molecular flexibility index (Phi) is 2.46. The Morgan fingerprint density at radius 2 is 1.94 bits per heavy atom. The second kappa shape index (κ2) is 3.96. The number of rotatable bonds is 1. The number of fused-ring (bicyclic) bond motifs is 1. The zero-order valence-electron chi connectivity index (χ0n) is 9.39. The Labute approximate surface area is 95.4 Å². The lowest BCUT2D eigenvalue weighted by atomic mass is 9.82. The Hall–Kier alpha value is -1.25. The van der Waals surface area contributed by atoms with Crippen LogP contribution in [0.2, 0.25) is 0 Å². The molecule has 1 aliphatic heterocycles. The third-order valence-corrected chi connectivity index (χ3v) is 4.00. The molecule has 3 rings (SSSR count). The van der Waals surface area contributed by atoms with Gasteiger partial charge in [0.25, 0.3) is 5.91 Å². The smallest absolute Gasteiger partial charge is 0.289 e. The minimum Gasteiger partial charge on any atom is -0.459 e. The van der Waals surface area contributed by atoms with E-state index in [2.05, 4.69) is 0 Å². The molecule has 2 fully saturated rings. The van der Waals surface area contributed by atoms with Gasteiger partial charge in [-0.1, -0.05) is 12.8 Å². The average Bonchev–Trinajstić information content (AvgIpc) is 2.97. The first-order valence-electron chi connectivity index (χ1n) is 6.17. The normalized spacial score (nSPS) is 29.1. The largest absolute Gasteiger partial charge is 0.459 e. The number of carbonyl (C=O) groups is 1. The second-order valence-electron chi connectivity index (χ2n) is 4.99. The van der Waals surface area contributed by atoms with Gasteiger partial charge in [-0.25, -0.2) is 0 Å². The van der Waals surface area contributed by atoms with E-state index in [-0.39, 0.29) is 5.91 Å². The van der Waals surface area contributed by atoms with Crippen molar-refractivity contribution in [1.82, 2.24) is 4.90 Å². The summed E-state index contributed by atoms with van der Waals surface area (Å²) < 4.78 is 5.17. The maximum absolute atomic E-state index is 12.1. The molecule has 3 heteroatoms. The molecule has 0 spiro atoms. The Morgan fingerprint density at radius 3 is 2.50 bits per heavy atom. The highest BCUT2D eigenvalue weighted by Crippen LogP contribution is 2.36. The summed E-state index contributed by atoms with van der Waals surface area (Å²) in [7, 11) is 0. The fourth-order valence-corrected chi connectivity index (χ4v) is 3.13. The van der Waals surface area contributed by atoms with Crippen molar-refractivity contribution < 1.29 is 9.21 Å². The summed E-state index contributed by atoms with van der Waals surface area (Å²) in [4.78, 5) is 14.1. The van der Waals surface area contributed by atoms with E-state index in [1.54, 1.807) is 18.4 Å². The summed E-state index contributed by atoms with van der Waals surface area (Å²) in [6, 6.07) is 3.53. The molecule has 1 saturated carbocycles. The molecule has 2 heterocycles. The van der Waals surface area contributed by atoms with E-state index in [1.165, 1.54) is 25.7 Å². The van der Waals surface area contributed by atoms with Crippen molar-refractivity contribution >= 4 is 5.91 Å². The molecular formula is C13H17NO2. The molecule has 0 N–H and O–H groups in total. The Morgan fingerprint density at radius 1 is 1.25 bits per heavy atom. The van der Waals surface area contributed by atoms with Gasteiger partial charge in [0.05, 0.1) is 6.26 Å². The summed E-state index contributed by atoms with van der Waals surface area (Å²) in [5, 5.41) is 0. The molecule has 1 saturated heterocycles. The molecule has 0 radical (unpaired) electrons. The molecule has 0 aromatic carbocycles. The standard InChI is InChI=1S/C13H17NO2/c15-13(12-6-3-7-16-12)14-8-10-4-1-2-5-11(10)9-14/h3,6-7,10-11H,1-2,4-5,8-9H2. The van der Waals surface area contributed by atoms with Gasteiger partial charge in [0.1, 0.15) is 0 Å². The monoisotopic (exact) mass is 219 g/mol. The average molecular weight is 219 g/mol. The van der Waals surface area contributed by atoms with Gasteiger partial charge < -0.3 is 9.32 Å². The first-order chi connectivity index (χ1) is 7.84. The van der Waals surface area contributed by atoms with E-state index < -0.39 is 0 Å². The minimum atomic E-state index is 0.0689. The summed E-state index contributed by atoms with van der Waals surface area (Å²) in [5.41, 5.74) is 0. The maximum atomic E-state index is 12.1. The van der Waals surface area contributed by atoms with Crippen molar-refractivity contribution in [2.45, 2.75) is 25.7 Å². The van der Waals surface area contributed by atoms with Crippen LogP contribution in [0.5, 0.6) is 0 Å². The highest BCUT2D eigenvalue weighted by atomic mass is 16.3. The third kappa shape index (κ3) is 1.64. The van der Waals surface area contributed by atoms with Crippen LogP contribution >= 0.6 is 0 Å². The molecule has 1 amide bonds. The van der Waals surface area contributed by atoms with Crippen molar-refractivity contribution in [3.05, 3.63) is 24.2 Å². The lowest BCUT2D eigenvalue weighted by Gasteiger charge is -2.22. The third-order valence-electron chi connectivity index (χ3n) is 4.00. The second-order valence-corrected chi connectivity index (χ2v) is 4.99. The number of likely N-dealkylation sites (tertiary alicyclic amines) is 1. The van der Waals surface area contributed by atoms with Crippen molar-refractivity contribution in [2.24, 2.45) is 11.8 Å². The number of nitrogens with zero attached hydrogens (tertiary/aromatic N) is 1. The van der Waals surface area contributed by atoms with Crippen LogP contribution < -0.4 is 0 Å². The van der Waals surface area contributed by atoms with Crippen molar-refractivity contribution in [2.75, 3.05) is 13.1 Å². The molecule has 86 valence electrons. The zero-order valence-corrected chi connectivity index (χ0v) is 9.39. The molecule has 3 nitrogen and oxygen atoms in total. The van der Waals surface area contributed by atoms with Gasteiger partial charge in [-0.05, 0) is 36.8 Å². The molecule has 1 aliphatic carbocycles. The van der Waals surface area contributed by atoms with Crippen LogP contribution in [0.3, 0.4) is 0 Å². The summed E-state index contributed by atoms with van der Waals surface area (Å²) in [5.74, 6) is 2.04. The predicted molar refractivity (Wildman–Crippen MR) is 60.1 cm³/mol. The molecule has 1 aromatic heterocycles. The van der Waals surface area contributed by atoms with Crippen molar-refractivity contribution in [1.29, 1.82) is 0 Å². The highest BCUT2D eigenvalue weighted by molar-refractivity contribution is 5.91. The molecule has 1 aromatic rings. The zero-order chi connectivity index (χ0) is 11.0. The lowest BCUT2D eigenvalue weighted by Crippen LogP contribution is -2.28. The number of carbonyl (C=O) groups excluding carboxylic acids is 1. The van der Waals surface area contributed by atoms with Crippen molar-refractivity contribution in [3.8, 4) is 0 Å². The summed E-state index contributed by atoms with van der Waals surface area (Å²) in [6.07, 6.45) is 6.84. The first kappa shape index (κ1) is 9.94. The molecular weight excluding hydrogens is 202 g/mol. The Bertz CT molecular complexity index is 357. The number of hydrogen-bond acceptors (Lipinski definition) is 2. The van der Waals surface area contributed by atoms with Crippen LogP contribution in [-0.2, 0) is 0 Å². The maximum Gasteiger partial charge on any atom is 0.289 e. The van der Waals surface area contributed by atoms with E-state index in [4.69, 9.17) is 4.42 Å². The lowest BCUT2D eigenvalue weighted by molar-refractivity contribution is 0.0752. The predicted octanol–water partition coefficient (Wildman–Crippen LogP) is 2.54. The number of amides is 1. The van der Waals surface area contributed by atoms with Gasteiger partial charge in [-0.3, -0.25) is 4.79 Å². The molecule has 2 aliphatic rings. The van der Waals surface area contributed by atoms with Crippen LogP contribution in [0.1, 0.15) is 36.2 Å². The van der Waals surface area contributed by atoms with Crippen molar-refractivity contribution in [3.63, 3.8) is 0 Å². The van der Waals surface area contributed by atoms with Gasteiger partial charge in [0, 0.05) is 13.1 Å². The fourth-order valence-electron chi connectivity index (χ4n) is 3.13. The van der Waals surface area contributed by atoms with E-state index in [0.717, 1.165) is 24.9 Å². The van der Waals surface area contributed by atoms with Crippen LogP contribution in [0.15, 0.2) is 22.8 Å². The summed E-state index contributed by atoms with van der Waals surface area (Å²) in [6.45, 7) is 1.87. The van der Waals surface area contributed by atoms with E-state index in [1.807, 2.05) is 4.90 Å². The van der Waals surface area contributed by atoms with E-state index in [9.17, 15) is 4.79 Å². The highest BCUT2D eigenvalue weighted by Gasteiger charge is 2.37. The number of furan rings is 1. The molecule has 0 bridgehead atoms. The van der Waals surface area contributed by atoms with Crippen LogP contribution in [0, 0.1) is 11.8 Å². The van der Waals surface area contributed by atoms with Gasteiger partial charge in [0.15, 0.2) is 5.76 Å². The Balaban J connectivity index is 1.71. The van der Waals surface area contributed by atoms with Gasteiger partial charge in [-0.15, -0.1) is 0 Å².